The lowest BCUT2D eigenvalue weighted by atomic mass is 9.67. The van der Waals surface area contributed by atoms with Gasteiger partial charge < -0.3 is 13.4 Å². The van der Waals surface area contributed by atoms with Crippen molar-refractivity contribution in [3.8, 4) is 39.1 Å². The first-order valence-corrected chi connectivity index (χ1v) is 27.2. The maximum atomic E-state index is 6.10. The van der Waals surface area contributed by atoms with Crippen LogP contribution in [0.5, 0.6) is 0 Å². The topological polar surface area (TPSA) is 31.2 Å². The van der Waals surface area contributed by atoms with E-state index in [-0.39, 0.29) is 5.41 Å². The third-order valence-electron chi connectivity index (χ3n) is 16.1. The van der Waals surface area contributed by atoms with E-state index in [1.165, 1.54) is 116 Å². The third kappa shape index (κ3) is 8.05. The van der Waals surface area contributed by atoms with Crippen molar-refractivity contribution in [1.82, 2.24) is 4.57 Å². The van der Waals surface area contributed by atoms with Crippen molar-refractivity contribution in [3.63, 3.8) is 0 Å². The molecule has 0 spiro atoms. The molecule has 0 amide bonds. The highest BCUT2D eigenvalue weighted by molar-refractivity contribution is 6.12. The third-order valence-corrected chi connectivity index (χ3v) is 16.1. The number of para-hydroxylation sites is 4. The molecule has 79 heavy (non-hydrogen) atoms. The number of fused-ring (bicyclic) bond motifs is 12. The van der Waals surface area contributed by atoms with Gasteiger partial charge in [-0.2, -0.15) is 0 Å². The van der Waals surface area contributed by atoms with Crippen molar-refractivity contribution >= 4 is 65.7 Å². The van der Waals surface area contributed by atoms with Crippen LogP contribution in [0.2, 0.25) is 0 Å². The van der Waals surface area contributed by atoms with Gasteiger partial charge in [-0.3, -0.25) is 0 Å². The first kappa shape index (κ1) is 47.5. The minimum Gasteiger partial charge on any atom is -0.456 e. The van der Waals surface area contributed by atoms with Gasteiger partial charge in [-0.25, -0.2) is 0 Å². The molecule has 1 aliphatic rings. The Kier molecular flexibility index (Phi) is 11.8. The van der Waals surface area contributed by atoms with Crippen molar-refractivity contribution in [2.24, 2.45) is 0 Å². The number of benzene rings is 12. The summed E-state index contributed by atoms with van der Waals surface area (Å²) in [5.74, 6) is 0. The molecular formula is C76H55NO2. The fourth-order valence-electron chi connectivity index (χ4n) is 12.5. The van der Waals surface area contributed by atoms with E-state index in [0.717, 1.165) is 27.9 Å². The molecule has 0 fully saturated rings. The van der Waals surface area contributed by atoms with Gasteiger partial charge in [0.25, 0.3) is 0 Å². The van der Waals surface area contributed by atoms with Crippen LogP contribution in [-0.2, 0) is 5.41 Å². The maximum absolute atomic E-state index is 6.10. The van der Waals surface area contributed by atoms with Crippen molar-refractivity contribution in [2.75, 3.05) is 0 Å². The fourth-order valence-corrected chi connectivity index (χ4v) is 12.5. The summed E-state index contributed by atoms with van der Waals surface area (Å²) >= 11 is 0. The van der Waals surface area contributed by atoms with Gasteiger partial charge in [0.15, 0.2) is 0 Å². The molecule has 1 aliphatic carbocycles. The van der Waals surface area contributed by atoms with Crippen LogP contribution in [0.3, 0.4) is 0 Å². The predicted octanol–water partition coefficient (Wildman–Crippen LogP) is 20.6. The summed E-state index contributed by atoms with van der Waals surface area (Å²) in [6.07, 6.45) is 0. The molecule has 0 atom stereocenters. The Labute approximate surface area is 459 Å². The van der Waals surface area contributed by atoms with Crippen LogP contribution >= 0.6 is 0 Å². The van der Waals surface area contributed by atoms with Gasteiger partial charge in [-0.1, -0.05) is 236 Å². The molecule has 0 saturated heterocycles. The van der Waals surface area contributed by atoms with Crippen LogP contribution in [-0.4, -0.2) is 4.57 Å². The van der Waals surface area contributed by atoms with Crippen LogP contribution in [0.4, 0.5) is 0 Å². The van der Waals surface area contributed by atoms with Gasteiger partial charge in [-0.15, -0.1) is 0 Å². The average Bonchev–Trinajstić information content (AvgIpc) is 4.38. The summed E-state index contributed by atoms with van der Waals surface area (Å²) in [4.78, 5) is 0. The molecule has 3 nitrogen and oxygen atoms in total. The molecule has 0 aliphatic heterocycles. The molecule has 0 unspecified atom stereocenters. The van der Waals surface area contributed by atoms with Gasteiger partial charge >= 0.3 is 0 Å². The van der Waals surface area contributed by atoms with E-state index < -0.39 is 0 Å². The summed E-state index contributed by atoms with van der Waals surface area (Å²) in [6, 6.07) is 99.5. The number of aryl methyl sites for hydroxylation is 3. The van der Waals surface area contributed by atoms with Crippen molar-refractivity contribution in [2.45, 2.75) is 26.2 Å². The Morgan fingerprint density at radius 1 is 0.316 bits per heavy atom. The molecule has 3 heterocycles. The number of aromatic nitrogens is 1. The average molecular weight is 1010 g/mol. The first-order valence-electron chi connectivity index (χ1n) is 27.2. The zero-order chi connectivity index (χ0) is 53.0. The second-order valence-corrected chi connectivity index (χ2v) is 20.9. The zero-order valence-electron chi connectivity index (χ0n) is 44.3. The van der Waals surface area contributed by atoms with Gasteiger partial charge in [0, 0.05) is 43.6 Å². The quantitative estimate of drug-likeness (QED) is 0.172. The minimum absolute atomic E-state index is 0.263. The predicted molar refractivity (Wildman–Crippen MR) is 331 cm³/mol. The van der Waals surface area contributed by atoms with Crippen LogP contribution in [0.1, 0.15) is 38.9 Å². The van der Waals surface area contributed by atoms with E-state index in [4.69, 9.17) is 8.83 Å². The highest BCUT2D eigenvalue weighted by atomic mass is 16.3. The molecule has 0 radical (unpaired) electrons. The molecule has 3 aromatic heterocycles. The Morgan fingerprint density at radius 3 is 1.63 bits per heavy atom. The summed E-state index contributed by atoms with van der Waals surface area (Å²) in [5.41, 5.74) is 23.8. The van der Waals surface area contributed by atoms with Crippen LogP contribution in [0.25, 0.3) is 105 Å². The number of hydrogen-bond acceptors (Lipinski definition) is 2. The SMILES string of the molecule is Cc1ccc(-c2cccc3c2oc2ccccc23)cc1.Cc1ccc2c(c1)C(c1ccccc1)(c1ccccc1)c1ccccc1-2.Cc1cccc2oc3ccc(-c4ccc5c(c4)c4ccccc4n5-c4ccccc4)cc3c12. The van der Waals surface area contributed by atoms with E-state index in [0.29, 0.717) is 0 Å². The summed E-state index contributed by atoms with van der Waals surface area (Å²) in [5, 5.41) is 7.27. The number of furan rings is 2. The maximum Gasteiger partial charge on any atom is 0.143 e. The zero-order valence-corrected chi connectivity index (χ0v) is 44.3. The number of nitrogens with zero attached hydrogens (tertiary/aromatic N) is 1. The largest absolute Gasteiger partial charge is 0.456 e. The van der Waals surface area contributed by atoms with Gasteiger partial charge in [0.2, 0.25) is 0 Å². The van der Waals surface area contributed by atoms with E-state index in [1.807, 2.05) is 18.2 Å². The molecule has 0 bridgehead atoms. The van der Waals surface area contributed by atoms with Crippen molar-refractivity contribution in [3.05, 3.63) is 318 Å². The van der Waals surface area contributed by atoms with Crippen LogP contribution < -0.4 is 0 Å². The van der Waals surface area contributed by atoms with E-state index in [2.05, 4.69) is 286 Å². The highest BCUT2D eigenvalue weighted by Crippen LogP contribution is 2.56. The summed E-state index contributed by atoms with van der Waals surface area (Å²) < 4.78 is 14.5. The molecule has 0 N–H and O–H groups in total. The first-order chi connectivity index (χ1) is 38.9. The second-order valence-electron chi connectivity index (χ2n) is 20.9. The molecule has 12 aromatic carbocycles. The molecule has 376 valence electrons. The molecule has 16 rings (SSSR count). The van der Waals surface area contributed by atoms with Gasteiger partial charge in [-0.05, 0) is 131 Å². The lowest BCUT2D eigenvalue weighted by Crippen LogP contribution is -2.28. The molecule has 0 saturated carbocycles. The van der Waals surface area contributed by atoms with E-state index in [1.54, 1.807) is 0 Å². The molecular weight excluding hydrogens is 959 g/mol. The van der Waals surface area contributed by atoms with Gasteiger partial charge in [0.05, 0.1) is 16.4 Å². The number of hydrogen-bond donors (Lipinski definition) is 0. The van der Waals surface area contributed by atoms with Crippen molar-refractivity contribution in [1.29, 1.82) is 0 Å². The van der Waals surface area contributed by atoms with E-state index in [9.17, 15) is 0 Å². The Morgan fingerprint density at radius 2 is 0.861 bits per heavy atom. The Hall–Kier alpha value is -9.96. The lowest BCUT2D eigenvalue weighted by Gasteiger charge is -2.34. The standard InChI is InChI=1S/C31H21NO.C26H20.C19H14O/c1-20-8-7-13-30-31(20)26-19-22(15-17-29(26)33-30)21-14-16-28-25(18-21)24-11-5-6-12-27(24)32(28)23-9-3-2-4-10-23;1-19-16-17-23-22-14-8-9-15-24(22)26(25(23)18-19,20-10-4-2-5-11-20)21-12-6-3-7-13-21;1-13-9-11-14(12-10-13)15-6-4-7-17-16-5-2-3-8-18(16)20-19(15)17/h2-19H,1H3;2-18H,1H3;2-12H,1H3. The van der Waals surface area contributed by atoms with Gasteiger partial charge in [0.1, 0.15) is 22.3 Å². The van der Waals surface area contributed by atoms with Crippen LogP contribution in [0.15, 0.2) is 288 Å². The number of rotatable bonds is 5. The van der Waals surface area contributed by atoms with Crippen molar-refractivity contribution < 1.29 is 8.83 Å². The molecule has 15 aromatic rings. The molecule has 3 heteroatoms. The summed E-state index contributed by atoms with van der Waals surface area (Å²) in [6.45, 7) is 6.43. The fraction of sp³-hybridized carbons (Fsp3) is 0.0526. The lowest BCUT2D eigenvalue weighted by molar-refractivity contribution is 0.668. The minimum atomic E-state index is -0.263. The van der Waals surface area contributed by atoms with Crippen LogP contribution in [0, 0.1) is 20.8 Å². The normalized spacial score (nSPS) is 12.3. The second kappa shape index (κ2) is 19.6. The Balaban J connectivity index is 0.000000111. The monoisotopic (exact) mass is 1010 g/mol. The summed E-state index contributed by atoms with van der Waals surface area (Å²) in [7, 11) is 0. The highest BCUT2D eigenvalue weighted by Gasteiger charge is 2.45. The van der Waals surface area contributed by atoms with E-state index >= 15 is 0 Å². The smallest absolute Gasteiger partial charge is 0.143 e. The Bertz CT molecular complexity index is 4690.